The number of fused-ring (bicyclic) bond motifs is 9. The number of anilines is 3. The Labute approximate surface area is 375 Å². The quantitative estimate of drug-likeness (QED) is 0.159. The summed E-state index contributed by atoms with van der Waals surface area (Å²) in [7, 11) is 0. The van der Waals surface area contributed by atoms with E-state index in [1.54, 1.807) is 0 Å². The van der Waals surface area contributed by atoms with E-state index in [0.29, 0.717) is 0 Å². The maximum atomic E-state index is 6.30. The Bertz CT molecular complexity index is 3690. The van der Waals surface area contributed by atoms with Gasteiger partial charge in [0.25, 0.3) is 0 Å². The van der Waals surface area contributed by atoms with E-state index in [1.165, 1.54) is 64.7 Å². The maximum absolute atomic E-state index is 6.30. The first-order chi connectivity index (χ1) is 31.7. The van der Waals surface area contributed by atoms with E-state index in [-0.39, 0.29) is 0 Å². The van der Waals surface area contributed by atoms with Gasteiger partial charge in [0.15, 0.2) is 0 Å². The van der Waals surface area contributed by atoms with Crippen LogP contribution in [0.15, 0.2) is 241 Å². The SMILES string of the molecule is c1ccc(C2(c3ccccc3)c3ccccc3-c3cc(N(c4ccc(-c5ccc6c(c5)oc5ccccc56)cc4)c4cccc(-c5ccc6sc7ccccc7c6c5)c4)ccc32)cc1. The molecular weight excluding hydrogens is 795 g/mol. The minimum atomic E-state index is -0.467. The van der Waals surface area contributed by atoms with Crippen LogP contribution in [0.3, 0.4) is 0 Å². The summed E-state index contributed by atoms with van der Waals surface area (Å²) in [5.74, 6) is 0. The standard InChI is InChI=1S/C61H39NOS/c1-3-15-44(16-4-1)61(45-17-5-2-6-18-45)55-23-10-7-20-49(55)53-39-48(32-34-56(53)61)62(46-30-26-40(27-31-46)43-28-33-51-50-21-8-11-24-57(50)63-58(51)38-43)47-19-13-14-41(36-47)42-29-35-60-54(37-42)52-22-9-12-25-59(52)64-60/h1-39H. The molecule has 2 aromatic heterocycles. The minimum absolute atomic E-state index is 0.467. The third kappa shape index (κ3) is 5.64. The molecule has 10 aromatic carbocycles. The molecule has 0 fully saturated rings. The number of thiophene rings is 1. The highest BCUT2D eigenvalue weighted by atomic mass is 32.1. The summed E-state index contributed by atoms with van der Waals surface area (Å²) in [6, 6.07) is 86.6. The van der Waals surface area contributed by atoms with Gasteiger partial charge < -0.3 is 9.32 Å². The molecule has 64 heavy (non-hydrogen) atoms. The van der Waals surface area contributed by atoms with Crippen molar-refractivity contribution in [1.29, 1.82) is 0 Å². The van der Waals surface area contributed by atoms with Crippen molar-refractivity contribution in [1.82, 2.24) is 0 Å². The summed E-state index contributed by atoms with van der Waals surface area (Å²) >= 11 is 1.86. The highest BCUT2D eigenvalue weighted by Crippen LogP contribution is 2.57. The van der Waals surface area contributed by atoms with Gasteiger partial charge in [0.1, 0.15) is 11.2 Å². The Morgan fingerprint density at radius 2 is 0.922 bits per heavy atom. The second-order valence-electron chi connectivity index (χ2n) is 16.8. The van der Waals surface area contributed by atoms with Crippen LogP contribution in [0.5, 0.6) is 0 Å². The number of rotatable bonds is 7. The lowest BCUT2D eigenvalue weighted by molar-refractivity contribution is 0.669. The zero-order valence-corrected chi connectivity index (χ0v) is 35.6. The number of nitrogens with zero attached hydrogens (tertiary/aromatic N) is 1. The van der Waals surface area contributed by atoms with Crippen LogP contribution in [0, 0.1) is 0 Å². The summed E-state index contributed by atoms with van der Waals surface area (Å²) in [6.07, 6.45) is 0. The van der Waals surface area contributed by atoms with Gasteiger partial charge in [-0.2, -0.15) is 0 Å². The summed E-state index contributed by atoms with van der Waals surface area (Å²) in [5, 5.41) is 4.88. The lowest BCUT2D eigenvalue weighted by Gasteiger charge is -2.34. The van der Waals surface area contributed by atoms with Crippen molar-refractivity contribution >= 4 is 70.5 Å². The van der Waals surface area contributed by atoms with Gasteiger partial charge in [-0.25, -0.2) is 0 Å². The summed E-state index contributed by atoms with van der Waals surface area (Å²) in [6.45, 7) is 0. The van der Waals surface area contributed by atoms with Crippen LogP contribution in [-0.2, 0) is 5.41 Å². The number of furan rings is 1. The number of hydrogen-bond acceptors (Lipinski definition) is 3. The van der Waals surface area contributed by atoms with Gasteiger partial charge >= 0.3 is 0 Å². The highest BCUT2D eigenvalue weighted by molar-refractivity contribution is 7.25. The van der Waals surface area contributed by atoms with E-state index in [4.69, 9.17) is 4.42 Å². The Hall–Kier alpha value is -7.98. The Morgan fingerprint density at radius 1 is 0.328 bits per heavy atom. The van der Waals surface area contributed by atoms with E-state index in [1.807, 2.05) is 23.5 Å². The van der Waals surface area contributed by atoms with Crippen molar-refractivity contribution in [3.8, 4) is 33.4 Å². The van der Waals surface area contributed by atoms with Gasteiger partial charge in [-0.3, -0.25) is 0 Å². The summed E-state index contributed by atoms with van der Waals surface area (Å²) in [5.41, 5.74) is 16.8. The number of hydrogen-bond donors (Lipinski definition) is 0. The highest BCUT2D eigenvalue weighted by Gasteiger charge is 2.46. The molecule has 3 heteroatoms. The van der Waals surface area contributed by atoms with Gasteiger partial charge in [-0.1, -0.05) is 164 Å². The smallest absolute Gasteiger partial charge is 0.136 e. The average molecular weight is 834 g/mol. The van der Waals surface area contributed by atoms with Crippen molar-refractivity contribution in [3.05, 3.63) is 259 Å². The molecule has 0 saturated heterocycles. The largest absolute Gasteiger partial charge is 0.456 e. The summed E-state index contributed by atoms with van der Waals surface area (Å²) in [4.78, 5) is 2.42. The second kappa shape index (κ2) is 14.6. The molecular formula is C61H39NOS. The lowest BCUT2D eigenvalue weighted by Crippen LogP contribution is -2.28. The molecule has 0 spiro atoms. The monoisotopic (exact) mass is 833 g/mol. The average Bonchev–Trinajstić information content (AvgIpc) is 4.03. The number of benzene rings is 10. The predicted octanol–water partition coefficient (Wildman–Crippen LogP) is 17.1. The maximum Gasteiger partial charge on any atom is 0.136 e. The van der Waals surface area contributed by atoms with Crippen molar-refractivity contribution < 1.29 is 4.42 Å². The van der Waals surface area contributed by atoms with Crippen molar-refractivity contribution in [2.24, 2.45) is 0 Å². The summed E-state index contributed by atoms with van der Waals surface area (Å²) < 4.78 is 8.93. The van der Waals surface area contributed by atoms with Gasteiger partial charge in [0.05, 0.1) is 5.41 Å². The van der Waals surface area contributed by atoms with Crippen molar-refractivity contribution in [3.63, 3.8) is 0 Å². The van der Waals surface area contributed by atoms with Crippen LogP contribution in [0.4, 0.5) is 17.1 Å². The first-order valence-corrected chi connectivity index (χ1v) is 22.7. The van der Waals surface area contributed by atoms with E-state index in [9.17, 15) is 0 Å². The number of para-hydroxylation sites is 1. The Kier molecular flexibility index (Phi) is 8.34. The normalized spacial score (nSPS) is 12.8. The van der Waals surface area contributed by atoms with E-state index < -0.39 is 5.41 Å². The molecule has 2 heterocycles. The van der Waals surface area contributed by atoms with Crippen molar-refractivity contribution in [2.75, 3.05) is 4.90 Å². The zero-order valence-electron chi connectivity index (χ0n) is 34.8. The van der Waals surface area contributed by atoms with Gasteiger partial charge in [-0.05, 0) is 128 Å². The fraction of sp³-hybridized carbons (Fsp3) is 0.0164. The van der Waals surface area contributed by atoms with Crippen LogP contribution in [0.1, 0.15) is 22.3 Å². The molecule has 13 rings (SSSR count). The second-order valence-corrected chi connectivity index (χ2v) is 17.9. The first kappa shape index (κ1) is 36.7. The third-order valence-electron chi connectivity index (χ3n) is 13.4. The van der Waals surface area contributed by atoms with Crippen LogP contribution < -0.4 is 4.90 Å². The molecule has 0 amide bonds. The molecule has 0 radical (unpaired) electrons. The molecule has 0 atom stereocenters. The molecule has 0 aliphatic heterocycles. The fourth-order valence-electron chi connectivity index (χ4n) is 10.5. The molecule has 12 aromatic rings. The van der Waals surface area contributed by atoms with E-state index in [0.717, 1.165) is 50.1 Å². The lowest BCUT2D eigenvalue weighted by atomic mass is 9.68. The Balaban J connectivity index is 0.980. The van der Waals surface area contributed by atoms with Crippen LogP contribution >= 0.6 is 11.3 Å². The van der Waals surface area contributed by atoms with Gasteiger partial charge in [0, 0.05) is 48.0 Å². The molecule has 1 aliphatic carbocycles. The van der Waals surface area contributed by atoms with Crippen LogP contribution in [0.2, 0.25) is 0 Å². The fourth-order valence-corrected chi connectivity index (χ4v) is 11.5. The van der Waals surface area contributed by atoms with E-state index in [2.05, 4.69) is 229 Å². The Morgan fingerprint density at radius 3 is 1.75 bits per heavy atom. The zero-order chi connectivity index (χ0) is 42.2. The third-order valence-corrected chi connectivity index (χ3v) is 14.5. The van der Waals surface area contributed by atoms with E-state index >= 15 is 0 Å². The van der Waals surface area contributed by atoms with Gasteiger partial charge in [0.2, 0.25) is 0 Å². The molecule has 0 saturated carbocycles. The van der Waals surface area contributed by atoms with Crippen LogP contribution in [0.25, 0.3) is 75.5 Å². The molecule has 300 valence electrons. The topological polar surface area (TPSA) is 16.4 Å². The molecule has 0 unspecified atom stereocenters. The minimum Gasteiger partial charge on any atom is -0.456 e. The first-order valence-electron chi connectivity index (χ1n) is 21.9. The molecule has 0 N–H and O–H groups in total. The predicted molar refractivity (Wildman–Crippen MR) is 269 cm³/mol. The molecule has 2 nitrogen and oxygen atoms in total. The molecule has 1 aliphatic rings. The van der Waals surface area contributed by atoms with Crippen LogP contribution in [-0.4, -0.2) is 0 Å². The molecule has 0 bridgehead atoms. The van der Waals surface area contributed by atoms with Gasteiger partial charge in [-0.15, -0.1) is 11.3 Å². The van der Waals surface area contributed by atoms with Crippen molar-refractivity contribution in [2.45, 2.75) is 5.41 Å².